The van der Waals surface area contributed by atoms with Gasteiger partial charge in [0.15, 0.2) is 11.6 Å². The lowest BCUT2D eigenvalue weighted by Crippen LogP contribution is -2.38. The van der Waals surface area contributed by atoms with Crippen LogP contribution < -0.4 is 9.80 Å². The smallest absolute Gasteiger partial charge is 0.208 e. The molecule has 6 nitrogen and oxygen atoms in total. The van der Waals surface area contributed by atoms with Crippen molar-refractivity contribution in [1.29, 1.82) is 0 Å². The summed E-state index contributed by atoms with van der Waals surface area (Å²) in [6, 6.07) is 0. The van der Waals surface area contributed by atoms with E-state index < -0.39 is 0 Å². The van der Waals surface area contributed by atoms with E-state index in [0.29, 0.717) is 29.3 Å². The Bertz CT molecular complexity index is 810. The van der Waals surface area contributed by atoms with Gasteiger partial charge in [-0.3, -0.25) is 0 Å². The summed E-state index contributed by atoms with van der Waals surface area (Å²) in [7, 11) is 1.95. The Hall–Kier alpha value is -1.83. The summed E-state index contributed by atoms with van der Waals surface area (Å²) in [4.78, 5) is 12.7. The number of hydrogen-bond donors (Lipinski definition) is 0. The van der Waals surface area contributed by atoms with Crippen molar-refractivity contribution in [3.63, 3.8) is 0 Å². The Morgan fingerprint density at radius 3 is 2.52 bits per heavy atom. The maximum Gasteiger partial charge on any atom is 0.208 e. The zero-order valence-corrected chi connectivity index (χ0v) is 16.5. The number of nitrogens with zero attached hydrogens (tertiary/aromatic N) is 6. The van der Waals surface area contributed by atoms with E-state index in [4.69, 9.17) is 0 Å². The Balaban J connectivity index is 1.18. The third-order valence-corrected chi connectivity index (χ3v) is 7.04. The second-order valence-corrected chi connectivity index (χ2v) is 9.17. The molecule has 0 aromatic carbocycles. The molecule has 0 radical (unpaired) electrons. The molecule has 0 unspecified atom stereocenters. The number of halogens is 1. The molecule has 3 heterocycles. The van der Waals surface area contributed by atoms with Crippen molar-refractivity contribution < 1.29 is 4.39 Å². The largest absolute Gasteiger partial charge is 0.357 e. The predicted octanol–water partition coefficient (Wildman–Crippen LogP) is 3.57. The fourth-order valence-electron chi connectivity index (χ4n) is 3.91. The molecule has 2 aromatic heterocycles. The van der Waals surface area contributed by atoms with Crippen LogP contribution in [0.5, 0.6) is 0 Å². The number of aromatic nitrogens is 4. The molecule has 5 rings (SSSR count). The summed E-state index contributed by atoms with van der Waals surface area (Å²) in [5, 5.41) is 11.0. The molecule has 0 amide bonds. The van der Waals surface area contributed by atoms with Crippen molar-refractivity contribution in [3.8, 4) is 0 Å². The number of hydrogen-bond acceptors (Lipinski definition) is 7. The molecule has 0 atom stereocenters. The van der Waals surface area contributed by atoms with Crippen LogP contribution in [0.25, 0.3) is 0 Å². The summed E-state index contributed by atoms with van der Waals surface area (Å²) in [5.41, 5.74) is 0.601. The molecule has 0 spiro atoms. The molecule has 3 aliphatic rings. The zero-order chi connectivity index (χ0) is 18.4. The van der Waals surface area contributed by atoms with Crippen molar-refractivity contribution >= 4 is 22.3 Å². The predicted molar refractivity (Wildman–Crippen MR) is 104 cm³/mol. The van der Waals surface area contributed by atoms with Crippen LogP contribution in [0.1, 0.15) is 61.1 Å². The van der Waals surface area contributed by atoms with E-state index in [9.17, 15) is 4.39 Å². The van der Waals surface area contributed by atoms with Gasteiger partial charge in [0, 0.05) is 38.5 Å². The summed E-state index contributed by atoms with van der Waals surface area (Å²) in [5.74, 6) is 1.75. The first-order valence-corrected chi connectivity index (χ1v) is 10.8. The highest BCUT2D eigenvalue weighted by Gasteiger charge is 2.32. The highest BCUT2D eigenvalue weighted by molar-refractivity contribution is 7.15. The van der Waals surface area contributed by atoms with Gasteiger partial charge in [-0.2, -0.15) is 0 Å². The van der Waals surface area contributed by atoms with Crippen LogP contribution in [-0.2, 0) is 0 Å². The summed E-state index contributed by atoms with van der Waals surface area (Å²) < 4.78 is 14.7. The summed E-state index contributed by atoms with van der Waals surface area (Å²) in [6.45, 7) is 2.82. The highest BCUT2D eigenvalue weighted by atomic mass is 32.1. The number of rotatable bonds is 6. The van der Waals surface area contributed by atoms with Crippen molar-refractivity contribution in [1.82, 2.24) is 20.2 Å². The molecule has 8 heteroatoms. The molecule has 0 bridgehead atoms. The minimum Gasteiger partial charge on any atom is -0.357 e. The summed E-state index contributed by atoms with van der Waals surface area (Å²) >= 11 is 1.76. The molecule has 27 heavy (non-hydrogen) atoms. The van der Waals surface area contributed by atoms with Crippen molar-refractivity contribution in [2.24, 2.45) is 5.92 Å². The second-order valence-electron chi connectivity index (χ2n) is 8.18. The van der Waals surface area contributed by atoms with Gasteiger partial charge in [0.05, 0.1) is 5.69 Å². The summed E-state index contributed by atoms with van der Waals surface area (Å²) in [6.07, 6.45) is 8.32. The Morgan fingerprint density at radius 2 is 1.81 bits per heavy atom. The van der Waals surface area contributed by atoms with Gasteiger partial charge < -0.3 is 9.80 Å². The van der Waals surface area contributed by atoms with Crippen molar-refractivity contribution in [3.05, 3.63) is 22.8 Å². The van der Waals surface area contributed by atoms with Gasteiger partial charge in [0.2, 0.25) is 5.13 Å². The van der Waals surface area contributed by atoms with Gasteiger partial charge in [0.1, 0.15) is 11.3 Å². The topological polar surface area (TPSA) is 58.0 Å². The Morgan fingerprint density at radius 1 is 1.07 bits per heavy atom. The maximum absolute atomic E-state index is 14.7. The normalized spacial score (nSPS) is 20.9. The van der Waals surface area contributed by atoms with Crippen LogP contribution in [0, 0.1) is 11.7 Å². The molecule has 3 fully saturated rings. The fraction of sp³-hybridized carbons (Fsp3) is 0.684. The third-order valence-electron chi connectivity index (χ3n) is 5.90. The molecular formula is C19H25FN6S. The standard InChI is InChI=1S/C19H25FN6S/c1-25(17-15(20)16(13-2-3-13)21-11-22-17)10-12-6-8-26(9-7-12)19-24-23-18(27-19)14-4-5-14/h11-14H,2-10H2,1H3. The minimum atomic E-state index is -0.221. The molecule has 2 aromatic rings. The molecule has 1 aliphatic heterocycles. The van der Waals surface area contributed by atoms with E-state index in [2.05, 4.69) is 25.1 Å². The molecule has 2 aliphatic carbocycles. The molecule has 144 valence electrons. The van der Waals surface area contributed by atoms with E-state index in [-0.39, 0.29) is 5.82 Å². The van der Waals surface area contributed by atoms with Gasteiger partial charge in [-0.15, -0.1) is 10.2 Å². The first-order valence-electron chi connectivity index (χ1n) is 9.99. The molecular weight excluding hydrogens is 363 g/mol. The van der Waals surface area contributed by atoms with Gasteiger partial charge >= 0.3 is 0 Å². The molecule has 2 saturated carbocycles. The van der Waals surface area contributed by atoms with E-state index in [1.54, 1.807) is 11.3 Å². The second kappa shape index (κ2) is 6.96. The van der Waals surface area contributed by atoms with Gasteiger partial charge in [-0.1, -0.05) is 11.3 Å². The van der Waals surface area contributed by atoms with E-state index in [0.717, 1.165) is 50.4 Å². The molecule has 1 saturated heterocycles. The van der Waals surface area contributed by atoms with Gasteiger partial charge in [-0.05, 0) is 44.4 Å². The van der Waals surface area contributed by atoms with Gasteiger partial charge in [0.25, 0.3) is 0 Å². The Kier molecular flexibility index (Phi) is 4.46. The van der Waals surface area contributed by atoms with Crippen LogP contribution in [-0.4, -0.2) is 46.8 Å². The fourth-order valence-corrected chi connectivity index (χ4v) is 4.98. The van der Waals surface area contributed by atoms with Crippen molar-refractivity contribution in [2.75, 3.05) is 36.5 Å². The SMILES string of the molecule is CN(CC1CCN(c2nnc(C3CC3)s2)CC1)c1ncnc(C2CC2)c1F. The van der Waals surface area contributed by atoms with E-state index in [1.165, 1.54) is 24.2 Å². The third kappa shape index (κ3) is 3.63. The van der Waals surface area contributed by atoms with Crippen LogP contribution in [0.3, 0.4) is 0 Å². The monoisotopic (exact) mass is 388 g/mol. The van der Waals surface area contributed by atoms with Crippen molar-refractivity contribution in [2.45, 2.75) is 50.4 Å². The van der Waals surface area contributed by atoms with Crippen LogP contribution in [0.2, 0.25) is 0 Å². The number of piperidine rings is 1. The van der Waals surface area contributed by atoms with E-state index >= 15 is 0 Å². The lowest BCUT2D eigenvalue weighted by atomic mass is 9.96. The van der Waals surface area contributed by atoms with Crippen LogP contribution in [0.4, 0.5) is 15.3 Å². The quantitative estimate of drug-likeness (QED) is 0.754. The minimum absolute atomic E-state index is 0.221. The average Bonchev–Trinajstić information content (AvgIpc) is 3.61. The lowest BCUT2D eigenvalue weighted by molar-refractivity contribution is 0.405. The highest BCUT2D eigenvalue weighted by Crippen LogP contribution is 2.43. The van der Waals surface area contributed by atoms with Crippen LogP contribution in [0.15, 0.2) is 6.33 Å². The first kappa shape index (κ1) is 17.3. The van der Waals surface area contributed by atoms with Crippen LogP contribution >= 0.6 is 11.3 Å². The average molecular weight is 389 g/mol. The van der Waals surface area contributed by atoms with E-state index in [1.807, 2.05) is 11.9 Å². The van der Waals surface area contributed by atoms with Gasteiger partial charge in [-0.25, -0.2) is 14.4 Å². The Labute approximate surface area is 162 Å². The number of anilines is 2. The zero-order valence-electron chi connectivity index (χ0n) is 15.6. The maximum atomic E-state index is 14.7. The lowest BCUT2D eigenvalue weighted by Gasteiger charge is -2.33. The molecule has 0 N–H and O–H groups in total. The first-order chi connectivity index (χ1) is 13.2.